The first-order valence-electron chi connectivity index (χ1n) is 10.8. The van der Waals surface area contributed by atoms with Crippen molar-refractivity contribution in [1.29, 1.82) is 0 Å². The van der Waals surface area contributed by atoms with Gasteiger partial charge in [-0.05, 0) is 49.2 Å². The van der Waals surface area contributed by atoms with Crippen molar-refractivity contribution in [3.63, 3.8) is 0 Å². The fraction of sp³-hybridized carbons (Fsp3) is 0.400. The number of aliphatic hydroxyl groups excluding tert-OH is 1. The molecule has 164 valence electrons. The van der Waals surface area contributed by atoms with E-state index in [2.05, 4.69) is 63.6 Å². The number of aryl methyl sites for hydroxylation is 1. The Hall–Kier alpha value is -2.25. The summed E-state index contributed by atoms with van der Waals surface area (Å²) in [5, 5.41) is 13.7. The number of β-amino-alcohol motifs (C(OH)–C–C–N with tert-alkyl or cyclic N) is 1. The molecule has 1 atom stereocenters. The Labute approximate surface area is 188 Å². The van der Waals surface area contributed by atoms with Crippen LogP contribution in [0.5, 0.6) is 5.75 Å². The third-order valence-corrected chi connectivity index (χ3v) is 6.39. The predicted octanol–water partition coefficient (Wildman–Crippen LogP) is 3.88. The van der Waals surface area contributed by atoms with E-state index in [0.29, 0.717) is 13.2 Å². The topological polar surface area (TPSA) is 48.8 Å². The van der Waals surface area contributed by atoms with Crippen molar-refractivity contribution in [2.75, 3.05) is 26.7 Å². The van der Waals surface area contributed by atoms with Gasteiger partial charge in [-0.25, -0.2) is 4.98 Å². The lowest BCUT2D eigenvalue weighted by molar-refractivity contribution is 0.0637. The van der Waals surface area contributed by atoms with Gasteiger partial charge in [0.05, 0.1) is 10.7 Å². The molecule has 3 aromatic rings. The maximum Gasteiger partial charge on any atom is 0.119 e. The SMILES string of the molecule is Cc1nc(CN(C)Cc2cccc(OC[C@H](O)CN3CCc4ccccc4C3)c2)cs1. The van der Waals surface area contributed by atoms with Crippen LogP contribution in [0.1, 0.15) is 27.4 Å². The number of fused-ring (bicyclic) bond motifs is 1. The summed E-state index contributed by atoms with van der Waals surface area (Å²) in [6.45, 7) is 6.49. The van der Waals surface area contributed by atoms with Gasteiger partial charge in [-0.2, -0.15) is 0 Å². The van der Waals surface area contributed by atoms with Crippen LogP contribution in [0.2, 0.25) is 0 Å². The number of ether oxygens (including phenoxy) is 1. The summed E-state index contributed by atoms with van der Waals surface area (Å²) < 4.78 is 5.92. The summed E-state index contributed by atoms with van der Waals surface area (Å²) in [6, 6.07) is 16.7. The molecule has 0 bridgehead atoms. The number of hydrogen-bond donors (Lipinski definition) is 1. The van der Waals surface area contributed by atoms with Crippen LogP contribution in [0.4, 0.5) is 0 Å². The van der Waals surface area contributed by atoms with E-state index in [4.69, 9.17) is 4.74 Å². The van der Waals surface area contributed by atoms with Gasteiger partial charge >= 0.3 is 0 Å². The molecule has 4 rings (SSSR count). The Morgan fingerprint density at radius 3 is 2.81 bits per heavy atom. The fourth-order valence-corrected chi connectivity index (χ4v) is 4.72. The number of nitrogens with zero attached hydrogens (tertiary/aromatic N) is 3. The summed E-state index contributed by atoms with van der Waals surface area (Å²) in [4.78, 5) is 9.09. The highest BCUT2D eigenvalue weighted by atomic mass is 32.1. The molecule has 0 fully saturated rings. The van der Waals surface area contributed by atoms with Crippen LogP contribution in [0.3, 0.4) is 0 Å². The van der Waals surface area contributed by atoms with Gasteiger partial charge in [0, 0.05) is 38.1 Å². The molecule has 2 aromatic carbocycles. The lowest BCUT2D eigenvalue weighted by Crippen LogP contribution is -2.38. The Morgan fingerprint density at radius 2 is 2.00 bits per heavy atom. The summed E-state index contributed by atoms with van der Waals surface area (Å²) in [5.41, 5.74) is 5.10. The highest BCUT2D eigenvalue weighted by Crippen LogP contribution is 2.19. The lowest BCUT2D eigenvalue weighted by Gasteiger charge is -2.30. The zero-order valence-electron chi connectivity index (χ0n) is 18.3. The first kappa shape index (κ1) is 22.0. The first-order chi connectivity index (χ1) is 15.0. The second-order valence-electron chi connectivity index (χ2n) is 8.40. The van der Waals surface area contributed by atoms with Crippen LogP contribution in [0, 0.1) is 6.92 Å². The second kappa shape index (κ2) is 10.4. The Bertz CT molecular complexity index is 990. The molecule has 1 aliphatic heterocycles. The zero-order valence-corrected chi connectivity index (χ0v) is 19.1. The lowest BCUT2D eigenvalue weighted by atomic mass is 10.00. The van der Waals surface area contributed by atoms with E-state index in [1.165, 1.54) is 16.7 Å². The maximum absolute atomic E-state index is 10.5. The fourth-order valence-electron chi connectivity index (χ4n) is 4.11. The summed E-state index contributed by atoms with van der Waals surface area (Å²) in [7, 11) is 2.10. The zero-order chi connectivity index (χ0) is 21.6. The van der Waals surface area contributed by atoms with Crippen LogP contribution >= 0.6 is 11.3 Å². The molecule has 5 nitrogen and oxygen atoms in total. The van der Waals surface area contributed by atoms with Gasteiger partial charge in [-0.15, -0.1) is 11.3 Å². The van der Waals surface area contributed by atoms with Crippen molar-refractivity contribution in [3.05, 3.63) is 81.3 Å². The van der Waals surface area contributed by atoms with Gasteiger partial charge in [0.15, 0.2) is 0 Å². The van der Waals surface area contributed by atoms with Crippen LogP contribution in [0.25, 0.3) is 0 Å². The van der Waals surface area contributed by atoms with Crippen molar-refractivity contribution in [3.8, 4) is 5.75 Å². The third-order valence-electron chi connectivity index (χ3n) is 5.57. The van der Waals surface area contributed by atoms with Crippen LogP contribution < -0.4 is 4.74 Å². The molecular formula is C25H31N3O2S. The normalized spacial score (nSPS) is 15.1. The van der Waals surface area contributed by atoms with Crippen molar-refractivity contribution in [2.24, 2.45) is 0 Å². The van der Waals surface area contributed by atoms with E-state index in [1.54, 1.807) is 11.3 Å². The summed E-state index contributed by atoms with van der Waals surface area (Å²) in [5.74, 6) is 0.804. The van der Waals surface area contributed by atoms with Gasteiger partial charge < -0.3 is 9.84 Å². The van der Waals surface area contributed by atoms with Gasteiger partial charge in [0.25, 0.3) is 0 Å². The van der Waals surface area contributed by atoms with Crippen molar-refractivity contribution >= 4 is 11.3 Å². The van der Waals surface area contributed by atoms with Crippen LogP contribution in [-0.2, 0) is 26.1 Å². The van der Waals surface area contributed by atoms with Crippen molar-refractivity contribution in [2.45, 2.75) is 39.1 Å². The highest BCUT2D eigenvalue weighted by Gasteiger charge is 2.18. The van der Waals surface area contributed by atoms with E-state index in [9.17, 15) is 5.11 Å². The van der Waals surface area contributed by atoms with E-state index in [1.807, 2.05) is 19.1 Å². The largest absolute Gasteiger partial charge is 0.491 e. The average Bonchev–Trinajstić information content (AvgIpc) is 3.16. The number of thiazole rings is 1. The Morgan fingerprint density at radius 1 is 1.16 bits per heavy atom. The number of aromatic nitrogens is 1. The molecule has 1 aliphatic rings. The molecule has 0 spiro atoms. The van der Waals surface area contributed by atoms with Gasteiger partial charge in [0.1, 0.15) is 18.5 Å². The molecule has 0 amide bonds. The standard InChI is InChI=1S/C25H31N3O2S/c1-19-26-23(18-31-19)15-27(2)13-20-6-5-9-25(12-20)30-17-24(29)16-28-11-10-21-7-3-4-8-22(21)14-28/h3-9,12,18,24,29H,10-11,13-17H2,1-2H3/t24-/m1/s1. The molecule has 1 N–H and O–H groups in total. The molecule has 31 heavy (non-hydrogen) atoms. The monoisotopic (exact) mass is 437 g/mol. The average molecular weight is 438 g/mol. The highest BCUT2D eigenvalue weighted by molar-refractivity contribution is 7.09. The Kier molecular flexibility index (Phi) is 7.35. The van der Waals surface area contributed by atoms with E-state index >= 15 is 0 Å². The van der Waals surface area contributed by atoms with Gasteiger partial charge in [-0.3, -0.25) is 9.80 Å². The molecule has 0 saturated heterocycles. The minimum Gasteiger partial charge on any atom is -0.491 e. The number of benzene rings is 2. The maximum atomic E-state index is 10.5. The predicted molar refractivity (Wildman–Crippen MR) is 125 cm³/mol. The van der Waals surface area contributed by atoms with E-state index in [-0.39, 0.29) is 0 Å². The molecule has 1 aromatic heterocycles. The summed E-state index contributed by atoms with van der Waals surface area (Å²) >= 11 is 1.69. The molecular weight excluding hydrogens is 406 g/mol. The van der Waals surface area contributed by atoms with Crippen LogP contribution in [0.15, 0.2) is 53.9 Å². The Balaban J connectivity index is 1.24. The van der Waals surface area contributed by atoms with Crippen molar-refractivity contribution in [1.82, 2.24) is 14.8 Å². The van der Waals surface area contributed by atoms with E-state index < -0.39 is 6.10 Å². The molecule has 0 unspecified atom stereocenters. The molecule has 0 saturated carbocycles. The minimum absolute atomic E-state index is 0.301. The van der Waals surface area contributed by atoms with Crippen LogP contribution in [-0.4, -0.2) is 52.7 Å². The van der Waals surface area contributed by atoms with E-state index in [0.717, 1.165) is 49.1 Å². The molecule has 0 aliphatic carbocycles. The molecule has 6 heteroatoms. The number of hydrogen-bond acceptors (Lipinski definition) is 6. The quantitative estimate of drug-likeness (QED) is 0.551. The number of aliphatic hydroxyl groups is 1. The molecule has 2 heterocycles. The number of rotatable bonds is 9. The third kappa shape index (κ3) is 6.37. The smallest absolute Gasteiger partial charge is 0.119 e. The second-order valence-corrected chi connectivity index (χ2v) is 9.46. The van der Waals surface area contributed by atoms with Gasteiger partial charge in [0.2, 0.25) is 0 Å². The molecule has 0 radical (unpaired) electrons. The summed E-state index contributed by atoms with van der Waals surface area (Å²) in [6.07, 6.45) is 0.532. The van der Waals surface area contributed by atoms with Crippen molar-refractivity contribution < 1.29 is 9.84 Å². The first-order valence-corrected chi connectivity index (χ1v) is 11.7. The van der Waals surface area contributed by atoms with Gasteiger partial charge in [-0.1, -0.05) is 36.4 Å². The minimum atomic E-state index is -0.510.